The van der Waals surface area contributed by atoms with E-state index in [2.05, 4.69) is 0 Å². The summed E-state index contributed by atoms with van der Waals surface area (Å²) in [5.41, 5.74) is -0.719. The van der Waals surface area contributed by atoms with Gasteiger partial charge in [0.1, 0.15) is 11.6 Å². The summed E-state index contributed by atoms with van der Waals surface area (Å²) >= 11 is 0. The predicted octanol–water partition coefficient (Wildman–Crippen LogP) is 1.38. The number of nitrogens with zero attached hydrogens (tertiary/aromatic N) is 2. The zero-order valence-corrected chi connectivity index (χ0v) is 15.2. The van der Waals surface area contributed by atoms with Crippen LogP contribution in [0.4, 0.5) is 4.79 Å². The van der Waals surface area contributed by atoms with Crippen molar-refractivity contribution >= 4 is 22.1 Å². The summed E-state index contributed by atoms with van der Waals surface area (Å²) in [6, 6.07) is 6.27. The molecular weight excluding hydrogens is 348 g/mol. The average molecular weight is 370 g/mol. The highest BCUT2D eigenvalue weighted by molar-refractivity contribution is 7.89. The van der Waals surface area contributed by atoms with Crippen molar-refractivity contribution in [2.75, 3.05) is 19.6 Å². The van der Waals surface area contributed by atoms with E-state index in [1.807, 2.05) is 0 Å². The Morgan fingerprint density at radius 2 is 1.76 bits per heavy atom. The fourth-order valence-electron chi connectivity index (χ4n) is 2.48. The Kier molecular flexibility index (Phi) is 5.38. The summed E-state index contributed by atoms with van der Waals surface area (Å²) in [7, 11) is -3.97. The van der Waals surface area contributed by atoms with Crippen LogP contribution in [0.15, 0.2) is 35.2 Å². The molecule has 1 aromatic carbocycles. The average Bonchev–Trinajstić information content (AvgIpc) is 2.53. The van der Waals surface area contributed by atoms with Crippen LogP contribution in [-0.2, 0) is 19.6 Å². The fourth-order valence-corrected chi connectivity index (χ4v) is 4.06. The molecule has 1 amide bonds. The maximum Gasteiger partial charge on any atom is 0.410 e. The van der Waals surface area contributed by atoms with Crippen LogP contribution in [-0.4, -0.2) is 66.1 Å². The van der Waals surface area contributed by atoms with Crippen molar-refractivity contribution in [2.45, 2.75) is 37.3 Å². The highest BCUT2D eigenvalue weighted by atomic mass is 32.2. The molecule has 0 unspecified atom stereocenters. The zero-order chi connectivity index (χ0) is 18.8. The summed E-state index contributed by atoms with van der Waals surface area (Å²) in [6.07, 6.45) is -0.657. The minimum absolute atomic E-state index is 0.0203. The second-order valence-corrected chi connectivity index (χ2v) is 8.60. The number of ether oxygens (including phenoxy) is 1. The molecule has 1 saturated heterocycles. The van der Waals surface area contributed by atoms with Crippen LogP contribution in [0.3, 0.4) is 0 Å². The number of carboxylic acids is 1. The Labute approximate surface area is 147 Å². The smallest absolute Gasteiger partial charge is 0.410 e. The van der Waals surface area contributed by atoms with Crippen LogP contribution < -0.4 is 0 Å². The number of sulfonamides is 1. The number of benzene rings is 1. The number of carbonyl (C=O) groups excluding carboxylic acids is 1. The normalized spacial score (nSPS) is 19.5. The van der Waals surface area contributed by atoms with Gasteiger partial charge in [0, 0.05) is 13.1 Å². The van der Waals surface area contributed by atoms with Crippen LogP contribution >= 0.6 is 0 Å². The van der Waals surface area contributed by atoms with E-state index in [-0.39, 0.29) is 24.5 Å². The van der Waals surface area contributed by atoms with Crippen LogP contribution in [0, 0.1) is 0 Å². The monoisotopic (exact) mass is 370 g/mol. The summed E-state index contributed by atoms with van der Waals surface area (Å²) in [6.45, 7) is 4.79. The number of aliphatic carboxylic acids is 1. The maximum absolute atomic E-state index is 12.7. The molecule has 1 aliphatic heterocycles. The van der Waals surface area contributed by atoms with Gasteiger partial charge in [0.05, 0.1) is 11.4 Å². The Morgan fingerprint density at radius 3 is 2.28 bits per heavy atom. The lowest BCUT2D eigenvalue weighted by Crippen LogP contribution is -2.59. The lowest BCUT2D eigenvalue weighted by Gasteiger charge is -2.38. The standard InChI is InChI=1S/C16H22N2O6S/c1-16(2,3)24-15(21)17-9-10-18(13(11-17)14(19)20)25(22,23)12-7-5-4-6-8-12/h4-8,13H,9-11H2,1-3H3,(H,19,20)/t13-/m0/s1. The highest BCUT2D eigenvalue weighted by Crippen LogP contribution is 2.22. The SMILES string of the molecule is CC(C)(C)OC(=O)N1CCN(S(=O)(=O)c2ccccc2)[C@H](C(=O)O)C1. The molecule has 1 heterocycles. The topological polar surface area (TPSA) is 104 Å². The van der Waals surface area contributed by atoms with E-state index in [1.165, 1.54) is 17.0 Å². The first kappa shape index (κ1) is 19.2. The molecule has 0 aliphatic carbocycles. The van der Waals surface area contributed by atoms with Crippen molar-refractivity contribution in [3.05, 3.63) is 30.3 Å². The van der Waals surface area contributed by atoms with E-state index in [4.69, 9.17) is 4.74 Å². The molecule has 25 heavy (non-hydrogen) atoms. The molecule has 138 valence electrons. The van der Waals surface area contributed by atoms with Gasteiger partial charge in [-0.3, -0.25) is 4.79 Å². The van der Waals surface area contributed by atoms with E-state index in [9.17, 15) is 23.1 Å². The number of piperazine rings is 1. The van der Waals surface area contributed by atoms with Gasteiger partial charge in [0.15, 0.2) is 0 Å². The molecule has 1 atom stereocenters. The predicted molar refractivity (Wildman–Crippen MR) is 89.6 cm³/mol. The van der Waals surface area contributed by atoms with Gasteiger partial charge in [0.2, 0.25) is 10.0 Å². The van der Waals surface area contributed by atoms with E-state index in [1.54, 1.807) is 39.0 Å². The van der Waals surface area contributed by atoms with Crippen LogP contribution in [0.5, 0.6) is 0 Å². The third-order valence-corrected chi connectivity index (χ3v) is 5.54. The van der Waals surface area contributed by atoms with Gasteiger partial charge in [-0.05, 0) is 32.9 Å². The highest BCUT2D eigenvalue weighted by Gasteiger charge is 2.42. The number of hydrogen-bond acceptors (Lipinski definition) is 5. The van der Waals surface area contributed by atoms with Crippen LogP contribution in [0.2, 0.25) is 0 Å². The van der Waals surface area contributed by atoms with E-state index in [0.29, 0.717) is 0 Å². The Hall–Kier alpha value is -2.13. The van der Waals surface area contributed by atoms with Gasteiger partial charge < -0.3 is 14.7 Å². The van der Waals surface area contributed by atoms with Crippen molar-refractivity contribution in [2.24, 2.45) is 0 Å². The van der Waals surface area contributed by atoms with Gasteiger partial charge in [-0.15, -0.1) is 0 Å². The Morgan fingerprint density at radius 1 is 1.16 bits per heavy atom. The second kappa shape index (κ2) is 7.01. The minimum atomic E-state index is -3.97. The molecule has 9 heteroatoms. The molecule has 1 aliphatic rings. The van der Waals surface area contributed by atoms with Gasteiger partial charge >= 0.3 is 12.1 Å². The molecule has 1 fully saturated rings. The van der Waals surface area contributed by atoms with Crippen molar-refractivity contribution in [1.82, 2.24) is 9.21 Å². The van der Waals surface area contributed by atoms with Crippen LogP contribution in [0.25, 0.3) is 0 Å². The largest absolute Gasteiger partial charge is 0.480 e. The molecule has 2 rings (SSSR count). The number of rotatable bonds is 3. The number of carboxylic acid groups (broad SMARTS) is 1. The first-order valence-electron chi connectivity index (χ1n) is 7.80. The summed E-state index contributed by atoms with van der Waals surface area (Å²) in [5.74, 6) is -1.31. The van der Waals surface area contributed by atoms with Gasteiger partial charge in [0.25, 0.3) is 0 Å². The van der Waals surface area contributed by atoms with Crippen molar-refractivity contribution < 1.29 is 27.9 Å². The van der Waals surface area contributed by atoms with Crippen molar-refractivity contribution in [3.8, 4) is 0 Å². The molecule has 0 aromatic heterocycles. The van der Waals surface area contributed by atoms with Gasteiger partial charge in [-0.25, -0.2) is 13.2 Å². The lowest BCUT2D eigenvalue weighted by atomic mass is 10.2. The Bertz CT molecular complexity index is 742. The Balaban J connectivity index is 2.23. The molecule has 1 N–H and O–H groups in total. The molecular formula is C16H22N2O6S. The number of carbonyl (C=O) groups is 2. The molecule has 0 bridgehead atoms. The molecule has 0 radical (unpaired) electrons. The quantitative estimate of drug-likeness (QED) is 0.862. The van der Waals surface area contributed by atoms with Gasteiger partial charge in [-0.2, -0.15) is 4.31 Å². The zero-order valence-electron chi connectivity index (χ0n) is 14.4. The van der Waals surface area contributed by atoms with Crippen molar-refractivity contribution in [3.63, 3.8) is 0 Å². The molecule has 8 nitrogen and oxygen atoms in total. The second-order valence-electron chi connectivity index (χ2n) is 6.71. The molecule has 1 aromatic rings. The van der Waals surface area contributed by atoms with Crippen LogP contribution in [0.1, 0.15) is 20.8 Å². The van der Waals surface area contributed by atoms with E-state index in [0.717, 1.165) is 4.31 Å². The third-order valence-electron chi connectivity index (χ3n) is 3.62. The van der Waals surface area contributed by atoms with E-state index < -0.39 is 33.7 Å². The lowest BCUT2D eigenvalue weighted by molar-refractivity contribution is -0.143. The molecule has 0 saturated carbocycles. The first-order chi connectivity index (χ1) is 11.5. The number of amides is 1. The first-order valence-corrected chi connectivity index (χ1v) is 9.24. The summed E-state index contributed by atoms with van der Waals surface area (Å²) in [4.78, 5) is 25.0. The molecule has 0 spiro atoms. The third kappa shape index (κ3) is 4.49. The van der Waals surface area contributed by atoms with Gasteiger partial charge in [-0.1, -0.05) is 18.2 Å². The van der Waals surface area contributed by atoms with E-state index >= 15 is 0 Å². The fraction of sp³-hybridized carbons (Fsp3) is 0.500. The number of hydrogen-bond donors (Lipinski definition) is 1. The summed E-state index contributed by atoms with van der Waals surface area (Å²) in [5, 5.41) is 9.47. The maximum atomic E-state index is 12.7. The minimum Gasteiger partial charge on any atom is -0.480 e. The van der Waals surface area contributed by atoms with Crippen molar-refractivity contribution in [1.29, 1.82) is 0 Å². The summed E-state index contributed by atoms with van der Waals surface area (Å²) < 4.78 is 31.6.